The summed E-state index contributed by atoms with van der Waals surface area (Å²) < 4.78 is 6.00. The molecule has 50 heavy (non-hydrogen) atoms. The molecule has 1 aliphatic rings. The topological polar surface area (TPSA) is 91.7 Å². The summed E-state index contributed by atoms with van der Waals surface area (Å²) in [5, 5.41) is 5.63. The van der Waals surface area contributed by atoms with E-state index in [0.29, 0.717) is 22.8 Å². The van der Waals surface area contributed by atoms with Crippen LogP contribution in [0.4, 0.5) is 17.1 Å². The number of rotatable bonds is 9. The van der Waals surface area contributed by atoms with Gasteiger partial charge in [0.25, 0.3) is 11.8 Å². The minimum Gasteiger partial charge on any atom is -0.457 e. The molecule has 246 valence electrons. The zero-order valence-electron chi connectivity index (χ0n) is 27.0. The van der Waals surface area contributed by atoms with Crippen molar-refractivity contribution >= 4 is 52.6 Å². The number of thioether (sulfide) groups is 1. The summed E-state index contributed by atoms with van der Waals surface area (Å²) in [4.78, 5) is 43.1. The minimum absolute atomic E-state index is 0.00790. The van der Waals surface area contributed by atoms with Gasteiger partial charge in [-0.3, -0.25) is 19.3 Å². The number of benzene rings is 5. The van der Waals surface area contributed by atoms with Crippen molar-refractivity contribution in [2.45, 2.75) is 17.7 Å². The summed E-state index contributed by atoms with van der Waals surface area (Å²) in [6.07, 6.45) is 3.26. The highest BCUT2D eigenvalue weighted by Crippen LogP contribution is 2.37. The first kappa shape index (κ1) is 32.4. The fourth-order valence-corrected chi connectivity index (χ4v) is 6.61. The molecule has 1 aliphatic heterocycles. The summed E-state index contributed by atoms with van der Waals surface area (Å²) in [6.45, 7) is 0. The van der Waals surface area contributed by atoms with Crippen molar-refractivity contribution in [2.24, 2.45) is 0 Å². The standard InChI is InChI=1S/C42H33N3O4S/c46-40(45-37-17-9-7-11-29(37)19-20-30-12-8-10-18-38(30)45)28-50-35-24-21-33(22-25-35)43-42(48)36(44-41(47)32-15-5-2-6-16-32)27-34-23-26-39(49-34)31-13-3-1-4-14-31/h1-18,21-27H,19-20,28H2,(H,43,48)(H,44,47)/b36-27+. The summed E-state index contributed by atoms with van der Waals surface area (Å²) >= 11 is 1.44. The Morgan fingerprint density at radius 2 is 1.28 bits per heavy atom. The third-order valence-electron chi connectivity index (χ3n) is 8.35. The van der Waals surface area contributed by atoms with Gasteiger partial charge in [0.2, 0.25) is 5.91 Å². The first-order valence-electron chi connectivity index (χ1n) is 16.3. The van der Waals surface area contributed by atoms with Crippen LogP contribution in [0.1, 0.15) is 27.2 Å². The average molecular weight is 676 g/mol. The van der Waals surface area contributed by atoms with Gasteiger partial charge in [-0.2, -0.15) is 0 Å². The van der Waals surface area contributed by atoms with Crippen LogP contribution >= 0.6 is 11.8 Å². The third kappa shape index (κ3) is 7.46. The Morgan fingerprint density at radius 1 is 0.680 bits per heavy atom. The van der Waals surface area contributed by atoms with Crippen LogP contribution in [0.25, 0.3) is 17.4 Å². The summed E-state index contributed by atoms with van der Waals surface area (Å²) in [6, 6.07) is 45.3. The van der Waals surface area contributed by atoms with E-state index in [1.54, 1.807) is 42.5 Å². The molecule has 3 amide bonds. The number of nitrogens with one attached hydrogen (secondary N) is 2. The molecule has 0 saturated heterocycles. The Bertz CT molecular complexity index is 2130. The van der Waals surface area contributed by atoms with Gasteiger partial charge in [-0.25, -0.2) is 0 Å². The zero-order valence-corrected chi connectivity index (χ0v) is 27.9. The van der Waals surface area contributed by atoms with Gasteiger partial charge in [0, 0.05) is 27.8 Å². The lowest BCUT2D eigenvalue weighted by Crippen LogP contribution is -2.30. The second-order valence-electron chi connectivity index (χ2n) is 11.7. The molecule has 2 N–H and O–H groups in total. The van der Waals surface area contributed by atoms with Crippen LogP contribution in [-0.2, 0) is 22.4 Å². The van der Waals surface area contributed by atoms with E-state index >= 15 is 0 Å². The van der Waals surface area contributed by atoms with Crippen molar-refractivity contribution in [2.75, 3.05) is 16.0 Å². The fraction of sp³-hybridized carbons (Fsp3) is 0.0714. The van der Waals surface area contributed by atoms with Gasteiger partial charge in [-0.1, -0.05) is 84.9 Å². The molecule has 0 spiro atoms. The molecule has 0 fully saturated rings. The number of para-hydroxylation sites is 2. The lowest BCUT2D eigenvalue weighted by molar-refractivity contribution is -0.115. The van der Waals surface area contributed by atoms with Gasteiger partial charge in [-0.15, -0.1) is 11.8 Å². The summed E-state index contributed by atoms with van der Waals surface area (Å²) in [5.74, 6) is 0.344. The Balaban J connectivity index is 1.05. The summed E-state index contributed by atoms with van der Waals surface area (Å²) in [7, 11) is 0. The van der Waals surface area contributed by atoms with Crippen molar-refractivity contribution in [3.63, 3.8) is 0 Å². The van der Waals surface area contributed by atoms with Crippen LogP contribution in [0.3, 0.4) is 0 Å². The van der Waals surface area contributed by atoms with Gasteiger partial charge in [0.15, 0.2) is 0 Å². The van der Waals surface area contributed by atoms with E-state index < -0.39 is 11.8 Å². The molecule has 1 aromatic heterocycles. The van der Waals surface area contributed by atoms with Crippen LogP contribution in [-0.4, -0.2) is 23.5 Å². The maximum Gasteiger partial charge on any atom is 0.272 e. The van der Waals surface area contributed by atoms with Gasteiger partial charge >= 0.3 is 0 Å². The molecule has 7 nitrogen and oxygen atoms in total. The lowest BCUT2D eigenvalue weighted by Gasteiger charge is -2.25. The van der Waals surface area contributed by atoms with E-state index in [9.17, 15) is 14.4 Å². The number of hydrogen-bond acceptors (Lipinski definition) is 5. The van der Waals surface area contributed by atoms with Gasteiger partial charge in [-0.05, 0) is 84.6 Å². The molecular formula is C42H33N3O4S. The predicted molar refractivity (Wildman–Crippen MR) is 199 cm³/mol. The highest BCUT2D eigenvalue weighted by atomic mass is 32.2. The Labute approximate surface area is 294 Å². The molecule has 0 saturated carbocycles. The SMILES string of the molecule is O=C(Nc1ccc(SCC(=O)N2c3ccccc3CCc3ccccc32)cc1)/C(=C\c1ccc(-c2ccccc2)o1)NC(=O)c1ccccc1. The molecule has 0 atom stereocenters. The molecule has 0 bridgehead atoms. The van der Waals surface area contributed by atoms with Gasteiger partial charge < -0.3 is 15.1 Å². The molecule has 5 aromatic carbocycles. The monoisotopic (exact) mass is 675 g/mol. The zero-order chi connectivity index (χ0) is 34.3. The molecular weight excluding hydrogens is 643 g/mol. The van der Waals surface area contributed by atoms with Crippen molar-refractivity contribution in [3.05, 3.63) is 174 Å². The highest BCUT2D eigenvalue weighted by molar-refractivity contribution is 8.00. The second kappa shape index (κ2) is 15.0. The molecule has 0 radical (unpaired) electrons. The quantitative estimate of drug-likeness (QED) is 0.118. The van der Waals surface area contributed by atoms with E-state index in [4.69, 9.17) is 4.42 Å². The van der Waals surface area contributed by atoms with Gasteiger partial charge in [0.05, 0.1) is 17.1 Å². The van der Waals surface area contributed by atoms with Crippen molar-refractivity contribution in [3.8, 4) is 11.3 Å². The molecule has 6 aromatic rings. The molecule has 8 heteroatoms. The van der Waals surface area contributed by atoms with Crippen molar-refractivity contribution in [1.29, 1.82) is 0 Å². The maximum absolute atomic E-state index is 13.8. The maximum atomic E-state index is 13.8. The van der Waals surface area contributed by atoms with Crippen LogP contribution in [0.5, 0.6) is 0 Å². The third-order valence-corrected chi connectivity index (χ3v) is 9.35. The van der Waals surface area contributed by atoms with Crippen molar-refractivity contribution in [1.82, 2.24) is 5.32 Å². The Morgan fingerprint density at radius 3 is 1.94 bits per heavy atom. The summed E-state index contributed by atoms with van der Waals surface area (Å²) in [5.41, 5.74) is 6.02. The fourth-order valence-electron chi connectivity index (χ4n) is 5.86. The smallest absolute Gasteiger partial charge is 0.272 e. The van der Waals surface area contributed by atoms with E-state index in [1.807, 2.05) is 95.9 Å². The molecule has 0 unspecified atom stereocenters. The Hall–Kier alpha value is -6.12. The minimum atomic E-state index is -0.513. The van der Waals surface area contributed by atoms with Crippen LogP contribution in [0, 0.1) is 0 Å². The second-order valence-corrected chi connectivity index (χ2v) is 12.7. The normalized spacial score (nSPS) is 12.3. The van der Waals surface area contributed by atoms with Crippen LogP contribution < -0.4 is 15.5 Å². The number of amides is 3. The number of carbonyl (C=O) groups is 3. The molecule has 7 rings (SSSR count). The largest absolute Gasteiger partial charge is 0.457 e. The predicted octanol–water partition coefficient (Wildman–Crippen LogP) is 8.91. The number of aryl methyl sites for hydroxylation is 2. The van der Waals surface area contributed by atoms with E-state index in [0.717, 1.165) is 45.8 Å². The number of fused-ring (bicyclic) bond motifs is 2. The lowest BCUT2D eigenvalue weighted by atomic mass is 10.0. The number of carbonyl (C=O) groups excluding carboxylic acids is 3. The highest BCUT2D eigenvalue weighted by Gasteiger charge is 2.25. The van der Waals surface area contributed by atoms with E-state index in [1.165, 1.54) is 17.8 Å². The number of anilines is 3. The van der Waals surface area contributed by atoms with E-state index in [-0.39, 0.29) is 17.4 Å². The number of hydrogen-bond donors (Lipinski definition) is 2. The first-order chi connectivity index (χ1) is 24.5. The number of furan rings is 1. The van der Waals surface area contributed by atoms with Gasteiger partial charge in [0.1, 0.15) is 17.2 Å². The van der Waals surface area contributed by atoms with Crippen LogP contribution in [0.2, 0.25) is 0 Å². The van der Waals surface area contributed by atoms with Crippen LogP contribution in [0.15, 0.2) is 161 Å². The first-order valence-corrected chi connectivity index (χ1v) is 17.3. The Kier molecular flexibility index (Phi) is 9.71. The molecule has 0 aliphatic carbocycles. The van der Waals surface area contributed by atoms with Crippen molar-refractivity contribution < 1.29 is 18.8 Å². The number of nitrogens with zero attached hydrogens (tertiary/aromatic N) is 1. The van der Waals surface area contributed by atoms with E-state index in [2.05, 4.69) is 22.8 Å². The average Bonchev–Trinajstić information content (AvgIpc) is 3.56. The molecule has 2 heterocycles.